The van der Waals surface area contributed by atoms with E-state index in [1.807, 2.05) is 6.07 Å². The summed E-state index contributed by atoms with van der Waals surface area (Å²) in [5, 5.41) is 0.886. The molecule has 1 nitrogen and oxygen atoms in total. The standard InChI is InChI=1S/C11H16ClN/c1-9-5-6-10(11(12)8-9)4-2-3-7-13/h5-6,8H,2-4,7,13H2,1H3. The lowest BCUT2D eigenvalue weighted by Gasteiger charge is -2.04. The lowest BCUT2D eigenvalue weighted by atomic mass is 10.1. The molecule has 0 aromatic heterocycles. The molecule has 2 heteroatoms. The van der Waals surface area contributed by atoms with Crippen LogP contribution < -0.4 is 5.73 Å². The van der Waals surface area contributed by atoms with Crippen molar-refractivity contribution in [2.75, 3.05) is 6.54 Å². The number of hydrogen-bond acceptors (Lipinski definition) is 1. The average Bonchev–Trinajstić information content (AvgIpc) is 2.09. The van der Waals surface area contributed by atoms with E-state index >= 15 is 0 Å². The van der Waals surface area contributed by atoms with E-state index in [0.717, 1.165) is 30.8 Å². The topological polar surface area (TPSA) is 26.0 Å². The molecule has 0 heterocycles. The number of hydrogen-bond donors (Lipinski definition) is 1. The Morgan fingerprint density at radius 2 is 2.08 bits per heavy atom. The highest BCUT2D eigenvalue weighted by molar-refractivity contribution is 6.31. The Morgan fingerprint density at radius 1 is 1.31 bits per heavy atom. The van der Waals surface area contributed by atoms with Crippen molar-refractivity contribution in [1.82, 2.24) is 0 Å². The highest BCUT2D eigenvalue weighted by Gasteiger charge is 1.99. The molecule has 2 N–H and O–H groups in total. The lowest BCUT2D eigenvalue weighted by molar-refractivity contribution is 0.745. The number of rotatable bonds is 4. The third-order valence-electron chi connectivity index (χ3n) is 2.11. The van der Waals surface area contributed by atoms with Gasteiger partial charge < -0.3 is 5.73 Å². The largest absolute Gasteiger partial charge is 0.330 e. The Hall–Kier alpha value is -0.530. The van der Waals surface area contributed by atoms with E-state index in [0.29, 0.717) is 0 Å². The maximum absolute atomic E-state index is 6.08. The van der Waals surface area contributed by atoms with Crippen molar-refractivity contribution in [2.45, 2.75) is 26.2 Å². The van der Waals surface area contributed by atoms with Crippen LogP contribution in [0.4, 0.5) is 0 Å². The van der Waals surface area contributed by atoms with Gasteiger partial charge in [-0.1, -0.05) is 23.7 Å². The first kappa shape index (κ1) is 10.6. The van der Waals surface area contributed by atoms with Crippen LogP contribution in [0.3, 0.4) is 0 Å². The van der Waals surface area contributed by atoms with Crippen molar-refractivity contribution in [3.05, 3.63) is 34.3 Å². The van der Waals surface area contributed by atoms with Crippen molar-refractivity contribution >= 4 is 11.6 Å². The van der Waals surface area contributed by atoms with Gasteiger partial charge in [0.25, 0.3) is 0 Å². The van der Waals surface area contributed by atoms with E-state index in [2.05, 4.69) is 19.1 Å². The number of unbranched alkanes of at least 4 members (excludes halogenated alkanes) is 1. The summed E-state index contributed by atoms with van der Waals surface area (Å²) in [7, 11) is 0. The fraction of sp³-hybridized carbons (Fsp3) is 0.455. The molecular formula is C11H16ClN. The molecule has 0 bridgehead atoms. The Labute approximate surface area is 84.9 Å². The van der Waals surface area contributed by atoms with Crippen LogP contribution in [0, 0.1) is 6.92 Å². The molecule has 0 aliphatic rings. The molecule has 0 radical (unpaired) electrons. The van der Waals surface area contributed by atoms with Crippen LogP contribution in [0.15, 0.2) is 18.2 Å². The second-order valence-electron chi connectivity index (χ2n) is 3.34. The van der Waals surface area contributed by atoms with Crippen LogP contribution in [-0.2, 0) is 6.42 Å². The molecule has 0 spiro atoms. The van der Waals surface area contributed by atoms with Gasteiger partial charge in [-0.3, -0.25) is 0 Å². The molecule has 13 heavy (non-hydrogen) atoms. The zero-order valence-electron chi connectivity index (χ0n) is 8.02. The van der Waals surface area contributed by atoms with Gasteiger partial charge >= 0.3 is 0 Å². The van der Waals surface area contributed by atoms with Crippen LogP contribution >= 0.6 is 11.6 Å². The minimum Gasteiger partial charge on any atom is -0.330 e. The number of halogens is 1. The second-order valence-corrected chi connectivity index (χ2v) is 3.75. The minimum absolute atomic E-state index is 0.767. The van der Waals surface area contributed by atoms with Gasteiger partial charge in [-0.2, -0.15) is 0 Å². The molecule has 0 fully saturated rings. The van der Waals surface area contributed by atoms with Gasteiger partial charge in [0.15, 0.2) is 0 Å². The van der Waals surface area contributed by atoms with E-state index < -0.39 is 0 Å². The lowest BCUT2D eigenvalue weighted by Crippen LogP contribution is -1.99. The maximum atomic E-state index is 6.08. The van der Waals surface area contributed by atoms with Gasteiger partial charge in [0.2, 0.25) is 0 Å². The zero-order valence-corrected chi connectivity index (χ0v) is 8.77. The molecule has 72 valence electrons. The highest BCUT2D eigenvalue weighted by atomic mass is 35.5. The molecule has 0 unspecified atom stereocenters. The Balaban J connectivity index is 2.56. The van der Waals surface area contributed by atoms with E-state index in [9.17, 15) is 0 Å². The van der Waals surface area contributed by atoms with Gasteiger partial charge in [0.05, 0.1) is 0 Å². The molecule has 1 aromatic rings. The molecule has 0 aliphatic carbocycles. The Morgan fingerprint density at radius 3 is 2.69 bits per heavy atom. The van der Waals surface area contributed by atoms with Crippen molar-refractivity contribution in [2.24, 2.45) is 5.73 Å². The maximum Gasteiger partial charge on any atom is 0.0440 e. The summed E-state index contributed by atoms with van der Waals surface area (Å²) in [5.74, 6) is 0. The molecule has 0 saturated heterocycles. The van der Waals surface area contributed by atoms with Crippen LogP contribution in [0.5, 0.6) is 0 Å². The predicted octanol–water partition coefficient (Wildman–Crippen LogP) is 2.93. The van der Waals surface area contributed by atoms with Gasteiger partial charge in [-0.15, -0.1) is 0 Å². The first-order valence-corrected chi connectivity index (χ1v) is 5.07. The number of aryl methyl sites for hydroxylation is 2. The monoisotopic (exact) mass is 197 g/mol. The summed E-state index contributed by atoms with van der Waals surface area (Å²) in [6.45, 7) is 2.82. The molecule has 0 amide bonds. The first-order valence-electron chi connectivity index (χ1n) is 4.69. The van der Waals surface area contributed by atoms with Gasteiger partial charge in [0, 0.05) is 5.02 Å². The van der Waals surface area contributed by atoms with E-state index in [4.69, 9.17) is 17.3 Å². The molecular weight excluding hydrogens is 182 g/mol. The summed E-state index contributed by atoms with van der Waals surface area (Å²) in [6, 6.07) is 6.22. The highest BCUT2D eigenvalue weighted by Crippen LogP contribution is 2.19. The molecule has 1 aromatic carbocycles. The quantitative estimate of drug-likeness (QED) is 0.739. The van der Waals surface area contributed by atoms with E-state index in [1.54, 1.807) is 0 Å². The van der Waals surface area contributed by atoms with Gasteiger partial charge in [-0.25, -0.2) is 0 Å². The van der Waals surface area contributed by atoms with Gasteiger partial charge in [-0.05, 0) is 49.9 Å². The zero-order chi connectivity index (χ0) is 9.68. The normalized spacial score (nSPS) is 10.4. The van der Waals surface area contributed by atoms with E-state index in [1.165, 1.54) is 11.1 Å². The number of benzene rings is 1. The summed E-state index contributed by atoms with van der Waals surface area (Å²) in [4.78, 5) is 0. The minimum atomic E-state index is 0.767. The van der Waals surface area contributed by atoms with Crippen molar-refractivity contribution in [1.29, 1.82) is 0 Å². The smallest absolute Gasteiger partial charge is 0.0440 e. The summed E-state index contributed by atoms with van der Waals surface area (Å²) < 4.78 is 0. The summed E-state index contributed by atoms with van der Waals surface area (Å²) in [5.41, 5.74) is 7.87. The molecule has 0 aliphatic heterocycles. The van der Waals surface area contributed by atoms with Crippen molar-refractivity contribution in [3.8, 4) is 0 Å². The fourth-order valence-electron chi connectivity index (χ4n) is 1.31. The van der Waals surface area contributed by atoms with Gasteiger partial charge in [0.1, 0.15) is 0 Å². The fourth-order valence-corrected chi connectivity index (χ4v) is 1.64. The van der Waals surface area contributed by atoms with E-state index in [-0.39, 0.29) is 0 Å². The predicted molar refractivity (Wildman–Crippen MR) is 58.2 cm³/mol. The average molecular weight is 198 g/mol. The summed E-state index contributed by atoms with van der Waals surface area (Å²) >= 11 is 6.08. The SMILES string of the molecule is Cc1ccc(CCCCN)c(Cl)c1. The Kier molecular flexibility index (Phi) is 4.26. The second kappa shape index (κ2) is 5.25. The molecule has 0 saturated carbocycles. The van der Waals surface area contributed by atoms with Crippen molar-refractivity contribution < 1.29 is 0 Å². The molecule has 1 rings (SSSR count). The van der Waals surface area contributed by atoms with Crippen molar-refractivity contribution in [3.63, 3.8) is 0 Å². The first-order chi connectivity index (χ1) is 6.24. The number of nitrogens with two attached hydrogens (primary N) is 1. The van der Waals surface area contributed by atoms with Crippen LogP contribution in [0.1, 0.15) is 24.0 Å². The van der Waals surface area contributed by atoms with Crippen LogP contribution in [0.2, 0.25) is 5.02 Å². The van der Waals surface area contributed by atoms with Crippen LogP contribution in [0.25, 0.3) is 0 Å². The Bertz CT molecular complexity index is 271. The third-order valence-corrected chi connectivity index (χ3v) is 2.46. The third kappa shape index (κ3) is 3.37. The summed E-state index contributed by atoms with van der Waals surface area (Å²) in [6.07, 6.45) is 3.24. The van der Waals surface area contributed by atoms with Crippen LogP contribution in [-0.4, -0.2) is 6.54 Å². The molecule has 0 atom stereocenters.